The second-order valence-electron chi connectivity index (χ2n) is 4.83. The van der Waals surface area contributed by atoms with Gasteiger partial charge in [-0.3, -0.25) is 0 Å². The Morgan fingerprint density at radius 2 is 2.33 bits per heavy atom. The standard InChI is InChI=1S/C14H16N2O2/c1-9-4-3-5-13-15-11-8-10(14(17)18-2)6-7-12(11)16(9)13/h6-9H,3-5H2,1-2H3/t9-/m1/s1. The molecule has 0 saturated carbocycles. The number of carbonyl (C=O) groups is 1. The Labute approximate surface area is 106 Å². The molecule has 18 heavy (non-hydrogen) atoms. The lowest BCUT2D eigenvalue weighted by atomic mass is 10.1. The zero-order valence-corrected chi connectivity index (χ0v) is 10.6. The molecule has 0 aliphatic carbocycles. The molecule has 1 atom stereocenters. The summed E-state index contributed by atoms with van der Waals surface area (Å²) in [6, 6.07) is 6.09. The minimum absolute atomic E-state index is 0.309. The average Bonchev–Trinajstić information content (AvgIpc) is 2.76. The number of fused-ring (bicyclic) bond motifs is 3. The highest BCUT2D eigenvalue weighted by Gasteiger charge is 2.20. The lowest BCUT2D eigenvalue weighted by Crippen LogP contribution is -2.14. The summed E-state index contributed by atoms with van der Waals surface area (Å²) in [4.78, 5) is 16.1. The minimum atomic E-state index is -0.309. The first-order valence-electron chi connectivity index (χ1n) is 6.30. The first-order valence-corrected chi connectivity index (χ1v) is 6.30. The third kappa shape index (κ3) is 1.60. The van der Waals surface area contributed by atoms with Crippen LogP contribution in [0, 0.1) is 0 Å². The van der Waals surface area contributed by atoms with Crippen LogP contribution in [0.15, 0.2) is 18.2 Å². The average molecular weight is 244 g/mol. The van der Waals surface area contributed by atoms with E-state index in [0.29, 0.717) is 11.6 Å². The topological polar surface area (TPSA) is 44.1 Å². The Morgan fingerprint density at radius 1 is 1.50 bits per heavy atom. The highest BCUT2D eigenvalue weighted by atomic mass is 16.5. The van der Waals surface area contributed by atoms with Crippen molar-refractivity contribution in [3.05, 3.63) is 29.6 Å². The predicted molar refractivity (Wildman–Crippen MR) is 68.7 cm³/mol. The fourth-order valence-electron chi connectivity index (χ4n) is 2.75. The summed E-state index contributed by atoms with van der Waals surface area (Å²) >= 11 is 0. The van der Waals surface area contributed by atoms with Crippen molar-refractivity contribution in [3.8, 4) is 0 Å². The summed E-state index contributed by atoms with van der Waals surface area (Å²) < 4.78 is 7.03. The van der Waals surface area contributed by atoms with Gasteiger partial charge in [0.2, 0.25) is 0 Å². The van der Waals surface area contributed by atoms with Crippen molar-refractivity contribution < 1.29 is 9.53 Å². The van der Waals surface area contributed by atoms with Gasteiger partial charge in [-0.1, -0.05) is 0 Å². The van der Waals surface area contributed by atoms with Gasteiger partial charge in [-0.05, 0) is 38.0 Å². The molecular weight excluding hydrogens is 228 g/mol. The molecule has 1 aromatic carbocycles. The van der Waals surface area contributed by atoms with Gasteiger partial charge in [0.1, 0.15) is 5.82 Å². The van der Waals surface area contributed by atoms with E-state index in [9.17, 15) is 4.79 Å². The van der Waals surface area contributed by atoms with Gasteiger partial charge in [-0.25, -0.2) is 9.78 Å². The van der Waals surface area contributed by atoms with E-state index in [2.05, 4.69) is 16.5 Å². The van der Waals surface area contributed by atoms with Gasteiger partial charge in [0.15, 0.2) is 0 Å². The van der Waals surface area contributed by atoms with Crippen LogP contribution in [0.4, 0.5) is 0 Å². The van der Waals surface area contributed by atoms with Crippen LogP contribution in [0.2, 0.25) is 0 Å². The molecule has 1 aliphatic heterocycles. The van der Waals surface area contributed by atoms with E-state index < -0.39 is 0 Å². The van der Waals surface area contributed by atoms with Crippen LogP contribution in [0.5, 0.6) is 0 Å². The molecule has 94 valence electrons. The maximum Gasteiger partial charge on any atom is 0.337 e. The molecule has 0 saturated heterocycles. The van der Waals surface area contributed by atoms with Crippen molar-refractivity contribution in [2.45, 2.75) is 32.2 Å². The van der Waals surface area contributed by atoms with Crippen LogP contribution in [0.25, 0.3) is 11.0 Å². The zero-order chi connectivity index (χ0) is 12.7. The van der Waals surface area contributed by atoms with E-state index in [4.69, 9.17) is 4.74 Å². The zero-order valence-electron chi connectivity index (χ0n) is 10.6. The quantitative estimate of drug-likeness (QED) is 0.724. The summed E-state index contributed by atoms with van der Waals surface area (Å²) in [5.41, 5.74) is 2.57. The second kappa shape index (κ2) is 4.12. The number of imidazole rings is 1. The maximum absolute atomic E-state index is 11.5. The highest BCUT2D eigenvalue weighted by molar-refractivity contribution is 5.93. The fourth-order valence-corrected chi connectivity index (χ4v) is 2.75. The first kappa shape index (κ1) is 11.3. The molecule has 2 heterocycles. The van der Waals surface area contributed by atoms with Gasteiger partial charge < -0.3 is 9.30 Å². The lowest BCUT2D eigenvalue weighted by Gasteiger charge is -2.22. The third-order valence-corrected chi connectivity index (χ3v) is 3.65. The normalized spacial score (nSPS) is 18.7. The maximum atomic E-state index is 11.5. The number of carbonyl (C=O) groups excluding carboxylic acids is 1. The van der Waals surface area contributed by atoms with Gasteiger partial charge >= 0.3 is 5.97 Å². The van der Waals surface area contributed by atoms with Crippen LogP contribution < -0.4 is 0 Å². The van der Waals surface area contributed by atoms with Gasteiger partial charge in [-0.2, -0.15) is 0 Å². The molecular formula is C14H16N2O2. The molecule has 0 radical (unpaired) electrons. The number of nitrogens with zero attached hydrogens (tertiary/aromatic N) is 2. The SMILES string of the molecule is COC(=O)c1ccc2c(c1)nc1n2[C@H](C)CCC1. The third-order valence-electron chi connectivity index (χ3n) is 3.65. The van der Waals surface area contributed by atoms with E-state index in [1.54, 1.807) is 0 Å². The predicted octanol–water partition coefficient (Wildman–Crippen LogP) is 2.72. The van der Waals surface area contributed by atoms with Crippen molar-refractivity contribution in [2.75, 3.05) is 7.11 Å². The van der Waals surface area contributed by atoms with Crippen LogP contribution in [-0.2, 0) is 11.2 Å². The molecule has 0 unspecified atom stereocenters. The monoisotopic (exact) mass is 244 g/mol. The van der Waals surface area contributed by atoms with Crippen LogP contribution in [0.1, 0.15) is 42.0 Å². The highest BCUT2D eigenvalue weighted by Crippen LogP contribution is 2.29. The van der Waals surface area contributed by atoms with Crippen molar-refractivity contribution in [1.82, 2.24) is 9.55 Å². The minimum Gasteiger partial charge on any atom is -0.465 e. The fraction of sp³-hybridized carbons (Fsp3) is 0.429. The smallest absolute Gasteiger partial charge is 0.337 e. The molecule has 3 rings (SSSR count). The van der Waals surface area contributed by atoms with Crippen LogP contribution >= 0.6 is 0 Å². The van der Waals surface area contributed by atoms with Gasteiger partial charge in [0.05, 0.1) is 23.7 Å². The Kier molecular flexibility index (Phi) is 2.58. The van der Waals surface area contributed by atoms with Crippen molar-refractivity contribution in [2.24, 2.45) is 0 Å². The Hall–Kier alpha value is -1.84. The van der Waals surface area contributed by atoms with E-state index in [0.717, 1.165) is 23.3 Å². The molecule has 4 heteroatoms. The summed E-state index contributed by atoms with van der Waals surface area (Å²) in [5.74, 6) is 0.821. The Bertz CT molecular complexity index is 616. The van der Waals surface area contributed by atoms with Crippen molar-refractivity contribution >= 4 is 17.0 Å². The number of ether oxygens (including phenoxy) is 1. The summed E-state index contributed by atoms with van der Waals surface area (Å²) in [6.07, 6.45) is 3.40. The van der Waals surface area contributed by atoms with E-state index >= 15 is 0 Å². The number of benzene rings is 1. The molecule has 0 spiro atoms. The van der Waals surface area contributed by atoms with Gasteiger partial charge in [-0.15, -0.1) is 0 Å². The number of hydrogen-bond donors (Lipinski definition) is 0. The number of aromatic nitrogens is 2. The largest absolute Gasteiger partial charge is 0.465 e. The summed E-state index contributed by atoms with van der Waals surface area (Å²) in [6.45, 7) is 2.22. The molecule has 1 aromatic heterocycles. The van der Waals surface area contributed by atoms with E-state index in [1.165, 1.54) is 20.0 Å². The summed E-state index contributed by atoms with van der Waals surface area (Å²) in [5, 5.41) is 0. The first-order chi connectivity index (χ1) is 8.70. The Balaban J connectivity index is 2.17. The summed E-state index contributed by atoms with van der Waals surface area (Å²) in [7, 11) is 1.40. The number of rotatable bonds is 1. The number of hydrogen-bond acceptors (Lipinski definition) is 3. The van der Waals surface area contributed by atoms with Crippen molar-refractivity contribution in [3.63, 3.8) is 0 Å². The Morgan fingerprint density at radius 3 is 3.11 bits per heavy atom. The van der Waals surface area contributed by atoms with Crippen LogP contribution in [-0.4, -0.2) is 22.6 Å². The van der Waals surface area contributed by atoms with Crippen LogP contribution in [0.3, 0.4) is 0 Å². The molecule has 0 bridgehead atoms. The molecule has 2 aromatic rings. The van der Waals surface area contributed by atoms with E-state index in [-0.39, 0.29) is 5.97 Å². The molecule has 0 N–H and O–H groups in total. The molecule has 4 nitrogen and oxygen atoms in total. The molecule has 0 amide bonds. The lowest BCUT2D eigenvalue weighted by molar-refractivity contribution is 0.0601. The van der Waals surface area contributed by atoms with Crippen molar-refractivity contribution in [1.29, 1.82) is 0 Å². The van der Waals surface area contributed by atoms with E-state index in [1.807, 2.05) is 18.2 Å². The van der Waals surface area contributed by atoms with Gasteiger partial charge in [0, 0.05) is 12.5 Å². The second-order valence-corrected chi connectivity index (χ2v) is 4.83. The number of aryl methyl sites for hydroxylation is 1. The molecule has 1 aliphatic rings. The number of esters is 1. The number of methoxy groups -OCH3 is 1. The van der Waals surface area contributed by atoms with Gasteiger partial charge in [0.25, 0.3) is 0 Å². The molecule has 0 fully saturated rings.